The molecule has 1 aliphatic heterocycles. The molecule has 2 heterocycles. The average molecular weight is 405 g/mol. The van der Waals surface area contributed by atoms with Crippen LogP contribution >= 0.6 is 11.3 Å². The van der Waals surface area contributed by atoms with Crippen molar-refractivity contribution in [2.75, 3.05) is 24.0 Å². The second-order valence-electron chi connectivity index (χ2n) is 5.65. The standard InChI is InChI=1S/C17H15N3O7S/c1-8(21)10-3-13-14(27-7-26-13)4-11(10)19-15(23)5-25-16(24)12-6-28-17(20-12)18-9(2)22/h3-4,6H,5,7H2,1-2H3,(H,19,23)(H,18,20,22). The molecule has 28 heavy (non-hydrogen) atoms. The molecule has 2 aromatic rings. The second kappa shape index (κ2) is 8.05. The fourth-order valence-corrected chi connectivity index (χ4v) is 3.03. The molecule has 0 fully saturated rings. The molecular formula is C17H15N3O7S. The van der Waals surface area contributed by atoms with Gasteiger partial charge < -0.3 is 24.8 Å². The van der Waals surface area contributed by atoms with Crippen LogP contribution in [0.25, 0.3) is 0 Å². The third kappa shape index (κ3) is 4.43. The number of rotatable bonds is 6. The number of esters is 1. The van der Waals surface area contributed by atoms with Gasteiger partial charge in [-0.25, -0.2) is 9.78 Å². The number of Topliss-reactive ketones (excluding diaryl/α,β-unsaturated/α-hetero) is 1. The molecule has 2 N–H and O–H groups in total. The van der Waals surface area contributed by atoms with Gasteiger partial charge in [0, 0.05) is 23.9 Å². The lowest BCUT2D eigenvalue weighted by molar-refractivity contribution is -0.119. The first-order chi connectivity index (χ1) is 13.3. The summed E-state index contributed by atoms with van der Waals surface area (Å²) in [6.45, 7) is 2.10. The molecule has 1 aromatic carbocycles. The number of nitrogens with one attached hydrogen (secondary N) is 2. The molecule has 0 unspecified atom stereocenters. The molecule has 0 bridgehead atoms. The summed E-state index contributed by atoms with van der Waals surface area (Å²) in [5.41, 5.74) is 0.428. The highest BCUT2D eigenvalue weighted by Gasteiger charge is 2.21. The molecule has 11 heteroatoms. The van der Waals surface area contributed by atoms with Crippen molar-refractivity contribution < 1.29 is 33.4 Å². The van der Waals surface area contributed by atoms with E-state index in [4.69, 9.17) is 14.2 Å². The normalized spacial score (nSPS) is 11.6. The Morgan fingerprint density at radius 3 is 2.54 bits per heavy atom. The van der Waals surface area contributed by atoms with Crippen LogP contribution in [0, 0.1) is 0 Å². The topological polar surface area (TPSA) is 133 Å². The van der Waals surface area contributed by atoms with Crippen LogP contribution in [-0.4, -0.2) is 42.0 Å². The van der Waals surface area contributed by atoms with Gasteiger partial charge in [0.2, 0.25) is 12.7 Å². The summed E-state index contributed by atoms with van der Waals surface area (Å²) in [7, 11) is 0. The fraction of sp³-hybridized carbons (Fsp3) is 0.235. The lowest BCUT2D eigenvalue weighted by Gasteiger charge is -2.10. The summed E-state index contributed by atoms with van der Waals surface area (Å²) in [5.74, 6) is -1.26. The predicted molar refractivity (Wildman–Crippen MR) is 97.9 cm³/mol. The molecular weight excluding hydrogens is 390 g/mol. The Bertz CT molecular complexity index is 970. The van der Waals surface area contributed by atoms with Gasteiger partial charge in [-0.3, -0.25) is 14.4 Å². The molecule has 0 aliphatic carbocycles. The van der Waals surface area contributed by atoms with Gasteiger partial charge in [-0.2, -0.15) is 0 Å². The van der Waals surface area contributed by atoms with Crippen LogP contribution in [0.5, 0.6) is 11.5 Å². The van der Waals surface area contributed by atoms with Gasteiger partial charge >= 0.3 is 5.97 Å². The van der Waals surface area contributed by atoms with Gasteiger partial charge in [0.05, 0.1) is 5.69 Å². The van der Waals surface area contributed by atoms with E-state index in [1.54, 1.807) is 0 Å². The number of ether oxygens (including phenoxy) is 3. The maximum absolute atomic E-state index is 12.1. The first-order valence-corrected chi connectivity index (χ1v) is 8.86. The zero-order valence-corrected chi connectivity index (χ0v) is 15.7. The predicted octanol–water partition coefficient (Wildman–Crippen LogP) is 1.83. The van der Waals surface area contributed by atoms with E-state index in [0.29, 0.717) is 11.5 Å². The van der Waals surface area contributed by atoms with Crippen LogP contribution in [0.4, 0.5) is 10.8 Å². The number of carbonyl (C=O) groups is 4. The molecule has 1 aliphatic rings. The Labute approximate surface area is 162 Å². The number of anilines is 2. The highest BCUT2D eigenvalue weighted by atomic mass is 32.1. The van der Waals surface area contributed by atoms with E-state index in [2.05, 4.69) is 15.6 Å². The summed E-state index contributed by atoms with van der Waals surface area (Å²) >= 11 is 1.05. The number of ketones is 1. The maximum atomic E-state index is 12.1. The smallest absolute Gasteiger partial charge is 0.358 e. The third-order valence-electron chi connectivity index (χ3n) is 3.50. The highest BCUT2D eigenvalue weighted by molar-refractivity contribution is 7.14. The summed E-state index contributed by atoms with van der Waals surface area (Å²) < 4.78 is 15.4. The van der Waals surface area contributed by atoms with E-state index in [0.717, 1.165) is 11.3 Å². The van der Waals surface area contributed by atoms with Crippen molar-refractivity contribution in [3.63, 3.8) is 0 Å². The van der Waals surface area contributed by atoms with E-state index in [-0.39, 0.29) is 40.6 Å². The van der Waals surface area contributed by atoms with Crippen LogP contribution in [0.2, 0.25) is 0 Å². The Kier molecular flexibility index (Phi) is 5.54. The minimum atomic E-state index is -0.819. The van der Waals surface area contributed by atoms with Crippen molar-refractivity contribution in [2.24, 2.45) is 0 Å². The average Bonchev–Trinajstić information content (AvgIpc) is 3.27. The Morgan fingerprint density at radius 2 is 1.86 bits per heavy atom. The lowest BCUT2D eigenvalue weighted by Crippen LogP contribution is -2.22. The second-order valence-corrected chi connectivity index (χ2v) is 6.51. The zero-order valence-electron chi connectivity index (χ0n) is 14.9. The molecule has 146 valence electrons. The third-order valence-corrected chi connectivity index (χ3v) is 4.25. The number of amides is 2. The van der Waals surface area contributed by atoms with E-state index in [1.165, 1.54) is 31.4 Å². The first kappa shape index (κ1) is 19.3. The molecule has 0 spiro atoms. The Morgan fingerprint density at radius 1 is 1.14 bits per heavy atom. The number of carbonyl (C=O) groups excluding carboxylic acids is 4. The number of hydrogen-bond acceptors (Lipinski definition) is 9. The number of benzene rings is 1. The van der Waals surface area contributed by atoms with Crippen molar-refractivity contribution in [3.05, 3.63) is 28.8 Å². The van der Waals surface area contributed by atoms with Gasteiger partial charge in [0.15, 0.2) is 34.7 Å². The van der Waals surface area contributed by atoms with Crippen molar-refractivity contribution in [1.29, 1.82) is 0 Å². The lowest BCUT2D eigenvalue weighted by atomic mass is 10.1. The molecule has 3 rings (SSSR count). The Balaban J connectivity index is 1.61. The number of nitrogens with zero attached hydrogens (tertiary/aromatic N) is 1. The Hall–Kier alpha value is -3.47. The van der Waals surface area contributed by atoms with Gasteiger partial charge in [0.1, 0.15) is 0 Å². The number of fused-ring (bicyclic) bond motifs is 1. The number of thiazole rings is 1. The maximum Gasteiger partial charge on any atom is 0.358 e. The number of hydrogen-bond donors (Lipinski definition) is 2. The van der Waals surface area contributed by atoms with Crippen LogP contribution in [0.1, 0.15) is 34.7 Å². The largest absolute Gasteiger partial charge is 0.454 e. The summed E-state index contributed by atoms with van der Waals surface area (Å²) in [6, 6.07) is 2.95. The molecule has 10 nitrogen and oxygen atoms in total. The molecule has 0 saturated carbocycles. The van der Waals surface area contributed by atoms with Crippen molar-refractivity contribution in [2.45, 2.75) is 13.8 Å². The van der Waals surface area contributed by atoms with E-state index in [1.807, 2.05) is 0 Å². The van der Waals surface area contributed by atoms with Crippen LogP contribution in [0.3, 0.4) is 0 Å². The van der Waals surface area contributed by atoms with E-state index < -0.39 is 18.5 Å². The SMILES string of the molecule is CC(=O)Nc1nc(C(=O)OCC(=O)Nc2cc3c(cc2C(C)=O)OCO3)cs1. The summed E-state index contributed by atoms with van der Waals surface area (Å²) in [6.07, 6.45) is 0. The zero-order chi connectivity index (χ0) is 20.3. The van der Waals surface area contributed by atoms with Gasteiger partial charge in [-0.15, -0.1) is 11.3 Å². The van der Waals surface area contributed by atoms with Gasteiger partial charge in [-0.1, -0.05) is 0 Å². The van der Waals surface area contributed by atoms with E-state index in [9.17, 15) is 19.2 Å². The quantitative estimate of drug-likeness (QED) is 0.549. The van der Waals surface area contributed by atoms with Crippen molar-refractivity contribution in [3.8, 4) is 11.5 Å². The van der Waals surface area contributed by atoms with Gasteiger partial charge in [-0.05, 0) is 13.0 Å². The summed E-state index contributed by atoms with van der Waals surface area (Å²) in [4.78, 5) is 50.8. The minimum Gasteiger partial charge on any atom is -0.454 e. The van der Waals surface area contributed by atoms with Crippen LogP contribution in [-0.2, 0) is 14.3 Å². The monoisotopic (exact) mass is 405 g/mol. The van der Waals surface area contributed by atoms with Crippen LogP contribution in [0.15, 0.2) is 17.5 Å². The first-order valence-electron chi connectivity index (χ1n) is 7.98. The van der Waals surface area contributed by atoms with E-state index >= 15 is 0 Å². The van der Waals surface area contributed by atoms with Crippen molar-refractivity contribution >= 4 is 45.7 Å². The molecule has 0 saturated heterocycles. The fourth-order valence-electron chi connectivity index (χ4n) is 2.30. The number of aromatic nitrogens is 1. The molecule has 0 radical (unpaired) electrons. The van der Waals surface area contributed by atoms with Crippen LogP contribution < -0.4 is 20.1 Å². The van der Waals surface area contributed by atoms with Crippen molar-refractivity contribution in [1.82, 2.24) is 4.98 Å². The van der Waals surface area contributed by atoms with Gasteiger partial charge in [0.25, 0.3) is 5.91 Å². The highest BCUT2D eigenvalue weighted by Crippen LogP contribution is 2.37. The molecule has 1 aromatic heterocycles. The molecule has 2 amide bonds. The summed E-state index contributed by atoms with van der Waals surface area (Å²) in [5, 5.41) is 6.60. The minimum absolute atomic E-state index is 0.0236. The molecule has 0 atom stereocenters.